The summed E-state index contributed by atoms with van der Waals surface area (Å²) in [6.07, 6.45) is 0. The van der Waals surface area contributed by atoms with Crippen LogP contribution in [0.2, 0.25) is 0 Å². The van der Waals surface area contributed by atoms with E-state index < -0.39 is 18.5 Å². The fourth-order valence-electron chi connectivity index (χ4n) is 4.56. The maximum absolute atomic E-state index is 13.4. The van der Waals surface area contributed by atoms with E-state index in [1.54, 1.807) is 0 Å². The third kappa shape index (κ3) is 6.02. The second kappa shape index (κ2) is 11.8. The number of ether oxygens (including phenoxy) is 2. The first-order valence-electron chi connectivity index (χ1n) is 13.1. The molecule has 200 valence electrons. The van der Waals surface area contributed by atoms with Crippen molar-refractivity contribution in [1.29, 1.82) is 0 Å². The fraction of sp³-hybridized carbons (Fsp3) is 0.147. The first kappa shape index (κ1) is 26.6. The van der Waals surface area contributed by atoms with Crippen LogP contribution in [0.25, 0.3) is 22.2 Å². The molecule has 5 rings (SSSR count). The zero-order valence-electron chi connectivity index (χ0n) is 22.7. The Hall–Kier alpha value is -4.97. The van der Waals surface area contributed by atoms with Crippen molar-refractivity contribution in [3.63, 3.8) is 0 Å². The van der Waals surface area contributed by atoms with E-state index in [1.165, 1.54) is 0 Å². The van der Waals surface area contributed by atoms with Crippen LogP contribution >= 0.6 is 0 Å². The molecule has 40 heavy (non-hydrogen) atoms. The topological polar surface area (TPSA) is 77.5 Å². The van der Waals surface area contributed by atoms with Gasteiger partial charge in [-0.1, -0.05) is 60.7 Å². The van der Waals surface area contributed by atoms with Crippen molar-refractivity contribution in [1.82, 2.24) is 4.98 Å². The van der Waals surface area contributed by atoms with E-state index in [9.17, 15) is 9.59 Å². The van der Waals surface area contributed by atoms with Crippen LogP contribution < -0.4 is 10.1 Å². The summed E-state index contributed by atoms with van der Waals surface area (Å²) in [5, 5.41) is 3.51. The Bertz CT molecular complexity index is 1680. The van der Waals surface area contributed by atoms with Crippen molar-refractivity contribution in [2.24, 2.45) is 0 Å². The molecule has 0 aliphatic carbocycles. The minimum absolute atomic E-state index is 0.393. The highest BCUT2D eigenvalue weighted by Gasteiger charge is 2.21. The van der Waals surface area contributed by atoms with Crippen LogP contribution in [0.1, 0.15) is 32.6 Å². The number of nitrogens with zero attached hydrogens (tertiary/aromatic N) is 1. The van der Waals surface area contributed by atoms with E-state index in [0.717, 1.165) is 28.0 Å². The molecule has 0 aliphatic heterocycles. The van der Waals surface area contributed by atoms with Crippen LogP contribution in [0.4, 0.5) is 5.69 Å². The number of carbonyl (C=O) groups excluding carboxylic acids is 2. The number of aryl methyl sites for hydroxylation is 2. The lowest BCUT2D eigenvalue weighted by Crippen LogP contribution is -2.22. The number of benzene rings is 4. The Morgan fingerprint density at radius 1 is 0.825 bits per heavy atom. The van der Waals surface area contributed by atoms with Crippen molar-refractivity contribution >= 4 is 28.5 Å². The summed E-state index contributed by atoms with van der Waals surface area (Å²) in [4.78, 5) is 30.8. The Morgan fingerprint density at radius 2 is 1.55 bits per heavy atom. The van der Waals surface area contributed by atoms with E-state index in [4.69, 9.17) is 14.5 Å². The minimum atomic E-state index is -0.573. The molecule has 0 spiro atoms. The third-order valence-corrected chi connectivity index (χ3v) is 6.72. The highest BCUT2D eigenvalue weighted by Crippen LogP contribution is 2.31. The number of hydrogen-bond acceptors (Lipinski definition) is 5. The number of fused-ring (bicyclic) bond motifs is 1. The number of carbonyl (C=O) groups is 2. The molecular formula is C34H30N2O4. The van der Waals surface area contributed by atoms with Gasteiger partial charge in [0.05, 0.1) is 16.8 Å². The van der Waals surface area contributed by atoms with Crippen LogP contribution in [-0.4, -0.2) is 23.5 Å². The maximum Gasteiger partial charge on any atom is 0.339 e. The molecule has 0 saturated carbocycles. The smallest absolute Gasteiger partial charge is 0.339 e. The van der Waals surface area contributed by atoms with Crippen molar-refractivity contribution in [2.75, 3.05) is 11.9 Å². The summed E-state index contributed by atoms with van der Waals surface area (Å²) in [5.41, 5.74) is 6.99. The zero-order valence-corrected chi connectivity index (χ0v) is 22.7. The predicted octanol–water partition coefficient (Wildman–Crippen LogP) is 7.20. The molecule has 1 aromatic heterocycles. The van der Waals surface area contributed by atoms with Crippen molar-refractivity contribution in [2.45, 2.75) is 27.4 Å². The molecule has 4 aromatic carbocycles. The fourth-order valence-corrected chi connectivity index (χ4v) is 4.56. The zero-order chi connectivity index (χ0) is 28.1. The van der Waals surface area contributed by atoms with Gasteiger partial charge in [0.25, 0.3) is 5.91 Å². The Morgan fingerprint density at radius 3 is 2.33 bits per heavy atom. The molecule has 6 heteroatoms. The monoisotopic (exact) mass is 530 g/mol. The molecule has 0 unspecified atom stereocenters. The summed E-state index contributed by atoms with van der Waals surface area (Å²) in [7, 11) is 0. The first-order chi connectivity index (χ1) is 19.4. The van der Waals surface area contributed by atoms with Crippen LogP contribution in [-0.2, 0) is 16.1 Å². The highest BCUT2D eigenvalue weighted by atomic mass is 16.5. The van der Waals surface area contributed by atoms with Gasteiger partial charge in [0.1, 0.15) is 12.4 Å². The van der Waals surface area contributed by atoms with Gasteiger partial charge in [-0.15, -0.1) is 0 Å². The van der Waals surface area contributed by atoms with Crippen LogP contribution in [0.3, 0.4) is 0 Å². The number of para-hydroxylation sites is 1. The average Bonchev–Trinajstić information content (AvgIpc) is 2.97. The molecule has 0 radical (unpaired) electrons. The highest BCUT2D eigenvalue weighted by molar-refractivity contribution is 6.07. The van der Waals surface area contributed by atoms with E-state index in [0.29, 0.717) is 40.0 Å². The largest absolute Gasteiger partial charge is 0.489 e. The molecule has 0 atom stereocenters. The van der Waals surface area contributed by atoms with Crippen molar-refractivity contribution < 1.29 is 19.1 Å². The lowest BCUT2D eigenvalue weighted by atomic mass is 9.97. The van der Waals surface area contributed by atoms with Crippen molar-refractivity contribution in [3.8, 4) is 17.0 Å². The summed E-state index contributed by atoms with van der Waals surface area (Å²) < 4.78 is 11.4. The van der Waals surface area contributed by atoms with Gasteiger partial charge < -0.3 is 14.8 Å². The molecule has 0 saturated heterocycles. The second-order valence-electron chi connectivity index (χ2n) is 9.72. The number of rotatable bonds is 8. The van der Waals surface area contributed by atoms with Gasteiger partial charge in [-0.05, 0) is 79.4 Å². The minimum Gasteiger partial charge on any atom is -0.489 e. The summed E-state index contributed by atoms with van der Waals surface area (Å²) in [5.74, 6) is -0.235. The van der Waals surface area contributed by atoms with Crippen LogP contribution in [0.5, 0.6) is 5.75 Å². The summed E-state index contributed by atoms with van der Waals surface area (Å²) >= 11 is 0. The van der Waals surface area contributed by atoms with Gasteiger partial charge in [0.15, 0.2) is 6.61 Å². The number of esters is 1. The van der Waals surface area contributed by atoms with Gasteiger partial charge in [-0.3, -0.25) is 4.79 Å². The molecule has 1 heterocycles. The second-order valence-corrected chi connectivity index (χ2v) is 9.72. The lowest BCUT2D eigenvalue weighted by Gasteiger charge is -2.15. The quantitative estimate of drug-likeness (QED) is 0.215. The van der Waals surface area contributed by atoms with Gasteiger partial charge in [0, 0.05) is 16.6 Å². The van der Waals surface area contributed by atoms with Crippen molar-refractivity contribution in [3.05, 3.63) is 125 Å². The van der Waals surface area contributed by atoms with E-state index in [2.05, 4.69) is 5.32 Å². The SMILES string of the molecule is Cc1ccc(C)c(NC(=O)COC(=O)c2c(C)c(-c3ccc(OCc4ccccc4)cc3)nc3ccccc23)c1. The summed E-state index contributed by atoms with van der Waals surface area (Å²) in [6, 6.07) is 30.9. The molecule has 1 N–H and O–H groups in total. The van der Waals surface area contributed by atoms with Crippen LogP contribution in [0.15, 0.2) is 97.1 Å². The summed E-state index contributed by atoms with van der Waals surface area (Å²) in [6.45, 7) is 5.79. The molecule has 0 bridgehead atoms. The number of anilines is 1. The Kier molecular flexibility index (Phi) is 7.87. The van der Waals surface area contributed by atoms with Crippen LogP contribution in [0, 0.1) is 20.8 Å². The molecular weight excluding hydrogens is 500 g/mol. The predicted molar refractivity (Wildman–Crippen MR) is 158 cm³/mol. The van der Waals surface area contributed by atoms with E-state index in [-0.39, 0.29) is 0 Å². The lowest BCUT2D eigenvalue weighted by molar-refractivity contribution is -0.119. The maximum atomic E-state index is 13.4. The number of aromatic nitrogens is 1. The van der Waals surface area contributed by atoms with Gasteiger partial charge >= 0.3 is 5.97 Å². The number of hydrogen-bond donors (Lipinski definition) is 1. The number of nitrogens with one attached hydrogen (secondary N) is 1. The molecule has 5 aromatic rings. The van der Waals surface area contributed by atoms with E-state index in [1.807, 2.05) is 118 Å². The normalized spacial score (nSPS) is 10.8. The Balaban J connectivity index is 1.36. The van der Waals surface area contributed by atoms with Gasteiger partial charge in [-0.25, -0.2) is 9.78 Å². The average molecular weight is 531 g/mol. The standard InChI is InChI=1S/C34H30N2O4/c1-22-13-14-23(2)30(19-22)35-31(37)21-40-34(38)32-24(3)33(36-29-12-8-7-11-28(29)32)26-15-17-27(18-16-26)39-20-25-9-5-4-6-10-25/h4-19H,20-21H2,1-3H3,(H,35,37). The molecule has 0 aliphatic rings. The Labute approximate surface area is 233 Å². The number of pyridine rings is 1. The molecule has 6 nitrogen and oxygen atoms in total. The van der Waals surface area contributed by atoms with Gasteiger partial charge in [0.2, 0.25) is 0 Å². The first-order valence-corrected chi connectivity index (χ1v) is 13.1. The molecule has 1 amide bonds. The number of amides is 1. The van der Waals surface area contributed by atoms with Gasteiger partial charge in [-0.2, -0.15) is 0 Å². The van der Waals surface area contributed by atoms with E-state index >= 15 is 0 Å². The third-order valence-electron chi connectivity index (χ3n) is 6.72. The molecule has 0 fully saturated rings.